The highest BCUT2D eigenvalue weighted by Crippen LogP contribution is 2.45. The van der Waals surface area contributed by atoms with Gasteiger partial charge in [-0.25, -0.2) is 0 Å². The van der Waals surface area contributed by atoms with Crippen LogP contribution in [-0.4, -0.2) is 9.97 Å². The number of rotatable bonds is 4. The second-order valence-corrected chi connectivity index (χ2v) is 12.7. The summed E-state index contributed by atoms with van der Waals surface area (Å²) in [5.41, 5.74) is 10.7. The van der Waals surface area contributed by atoms with Crippen molar-refractivity contribution in [2.75, 3.05) is 0 Å². The van der Waals surface area contributed by atoms with E-state index >= 15 is 0 Å². The fourth-order valence-corrected chi connectivity index (χ4v) is 6.56. The molecular weight excluding hydrogens is 532 g/mol. The molecule has 0 aliphatic rings. The molecule has 0 aliphatic heterocycles. The van der Waals surface area contributed by atoms with Crippen LogP contribution in [0.4, 0.5) is 0 Å². The van der Waals surface area contributed by atoms with Crippen LogP contribution in [0.2, 0.25) is 0 Å². The molecule has 0 amide bonds. The van der Waals surface area contributed by atoms with E-state index in [0.717, 1.165) is 16.8 Å². The Labute approximate surface area is 258 Å². The molecule has 0 fully saturated rings. The fourth-order valence-electron chi connectivity index (χ4n) is 6.56. The molecule has 0 atom stereocenters. The summed E-state index contributed by atoms with van der Waals surface area (Å²) >= 11 is 0. The molecule has 2 aromatic heterocycles. The first-order valence-electron chi connectivity index (χ1n) is 15.2. The maximum atomic E-state index is 4.56. The molecule has 6 aromatic carbocycles. The molecular formula is C42H32N2. The summed E-state index contributed by atoms with van der Waals surface area (Å²) in [6.07, 6.45) is 5.59. The van der Waals surface area contributed by atoms with Gasteiger partial charge in [0.25, 0.3) is 0 Å². The minimum absolute atomic E-state index is 0.0755. The van der Waals surface area contributed by atoms with Crippen LogP contribution in [0.3, 0.4) is 0 Å². The largest absolute Gasteiger partial charge is 0.264 e. The molecule has 0 spiro atoms. The van der Waals surface area contributed by atoms with Crippen molar-refractivity contribution in [2.45, 2.75) is 26.2 Å². The Hall–Kier alpha value is -5.34. The van der Waals surface area contributed by atoms with E-state index in [1.165, 1.54) is 65.7 Å². The molecule has 8 rings (SSSR count). The summed E-state index contributed by atoms with van der Waals surface area (Å²) in [6, 6.07) is 44.4. The van der Waals surface area contributed by atoms with E-state index in [1.54, 1.807) is 0 Å². The van der Waals surface area contributed by atoms with Gasteiger partial charge in [-0.1, -0.05) is 118 Å². The number of benzene rings is 6. The molecule has 0 saturated heterocycles. The summed E-state index contributed by atoms with van der Waals surface area (Å²) in [4.78, 5) is 8.88. The fraction of sp³-hybridized carbons (Fsp3) is 0.0952. The van der Waals surface area contributed by atoms with Gasteiger partial charge in [0, 0.05) is 24.2 Å². The zero-order valence-corrected chi connectivity index (χ0v) is 25.2. The van der Waals surface area contributed by atoms with Gasteiger partial charge in [-0.2, -0.15) is 0 Å². The molecule has 0 saturated carbocycles. The maximum absolute atomic E-state index is 4.56. The first-order chi connectivity index (χ1) is 21.4. The van der Waals surface area contributed by atoms with Crippen molar-refractivity contribution < 1.29 is 0 Å². The van der Waals surface area contributed by atoms with Gasteiger partial charge in [0.1, 0.15) is 0 Å². The van der Waals surface area contributed by atoms with E-state index in [-0.39, 0.29) is 5.41 Å². The molecule has 0 radical (unpaired) electrons. The third kappa shape index (κ3) is 4.42. The van der Waals surface area contributed by atoms with Crippen LogP contribution >= 0.6 is 0 Å². The van der Waals surface area contributed by atoms with E-state index in [0.29, 0.717) is 0 Å². The van der Waals surface area contributed by atoms with Gasteiger partial charge in [-0.05, 0) is 101 Å². The molecule has 2 heteroatoms. The van der Waals surface area contributed by atoms with Crippen molar-refractivity contribution in [3.8, 4) is 44.6 Å². The van der Waals surface area contributed by atoms with E-state index in [9.17, 15) is 0 Å². The zero-order valence-electron chi connectivity index (χ0n) is 25.2. The van der Waals surface area contributed by atoms with Gasteiger partial charge in [0.15, 0.2) is 0 Å². The number of hydrogen-bond donors (Lipinski definition) is 0. The van der Waals surface area contributed by atoms with Gasteiger partial charge < -0.3 is 0 Å². The highest BCUT2D eigenvalue weighted by Gasteiger charge is 2.20. The monoisotopic (exact) mass is 564 g/mol. The standard InChI is InChI=1S/C42H32N2/c1-42(2,3)34-23-31-17-19-35-37(28-11-9-27(10-12-28)33-7-6-21-43-26-33)25-38(36-20-18-32(24-34)40(31)41(35)36)29-13-15-30(16-14-29)39-8-4-5-22-44-39/h4-26H,1-3H3. The van der Waals surface area contributed by atoms with Gasteiger partial charge in [0.05, 0.1) is 5.69 Å². The van der Waals surface area contributed by atoms with E-state index in [1.807, 2.05) is 36.8 Å². The normalized spacial score (nSPS) is 12.0. The van der Waals surface area contributed by atoms with Gasteiger partial charge >= 0.3 is 0 Å². The Kier molecular flexibility index (Phi) is 6.06. The molecule has 0 unspecified atom stereocenters. The average molecular weight is 565 g/mol. The Morgan fingerprint density at radius 3 is 1.64 bits per heavy atom. The Balaban J connectivity index is 1.37. The third-order valence-corrected chi connectivity index (χ3v) is 8.93. The smallest absolute Gasteiger partial charge is 0.0701 e. The van der Waals surface area contributed by atoms with Crippen molar-refractivity contribution in [2.24, 2.45) is 0 Å². The van der Waals surface area contributed by atoms with Crippen LogP contribution in [0, 0.1) is 0 Å². The summed E-state index contributed by atoms with van der Waals surface area (Å²) in [6.45, 7) is 6.87. The first-order valence-corrected chi connectivity index (χ1v) is 15.2. The Morgan fingerprint density at radius 2 is 1.09 bits per heavy atom. The molecule has 0 bridgehead atoms. The van der Waals surface area contributed by atoms with Gasteiger partial charge in [-0.15, -0.1) is 0 Å². The molecule has 2 heterocycles. The first kappa shape index (κ1) is 26.3. The van der Waals surface area contributed by atoms with Crippen LogP contribution in [0.1, 0.15) is 26.3 Å². The maximum Gasteiger partial charge on any atom is 0.0701 e. The molecule has 8 aromatic rings. The lowest BCUT2D eigenvalue weighted by atomic mass is 9.81. The third-order valence-electron chi connectivity index (χ3n) is 8.93. The topological polar surface area (TPSA) is 25.8 Å². The van der Waals surface area contributed by atoms with Crippen molar-refractivity contribution in [3.63, 3.8) is 0 Å². The molecule has 0 aliphatic carbocycles. The number of pyridine rings is 2. The van der Waals surface area contributed by atoms with Crippen molar-refractivity contribution in [3.05, 3.63) is 145 Å². The van der Waals surface area contributed by atoms with Crippen molar-refractivity contribution in [1.29, 1.82) is 0 Å². The van der Waals surface area contributed by atoms with Crippen LogP contribution in [0.25, 0.3) is 77.0 Å². The highest BCUT2D eigenvalue weighted by molar-refractivity contribution is 6.28. The highest BCUT2D eigenvalue weighted by atomic mass is 14.7. The van der Waals surface area contributed by atoms with Crippen LogP contribution in [0.15, 0.2) is 140 Å². The van der Waals surface area contributed by atoms with Crippen LogP contribution in [-0.2, 0) is 5.41 Å². The van der Waals surface area contributed by atoms with Gasteiger partial charge in [0.2, 0.25) is 0 Å². The van der Waals surface area contributed by atoms with E-state index in [2.05, 4.69) is 134 Å². The molecule has 210 valence electrons. The summed E-state index contributed by atoms with van der Waals surface area (Å²) in [5, 5.41) is 7.83. The number of hydrogen-bond acceptors (Lipinski definition) is 2. The lowest BCUT2D eigenvalue weighted by Gasteiger charge is -2.23. The Morgan fingerprint density at radius 1 is 0.477 bits per heavy atom. The lowest BCUT2D eigenvalue weighted by molar-refractivity contribution is 0.591. The minimum atomic E-state index is 0.0755. The van der Waals surface area contributed by atoms with Crippen molar-refractivity contribution >= 4 is 32.3 Å². The van der Waals surface area contributed by atoms with Crippen LogP contribution in [0.5, 0.6) is 0 Å². The predicted octanol–water partition coefficient (Wildman–Crippen LogP) is 11.3. The molecule has 0 N–H and O–H groups in total. The zero-order chi connectivity index (χ0) is 29.8. The molecule has 44 heavy (non-hydrogen) atoms. The second-order valence-electron chi connectivity index (χ2n) is 12.7. The minimum Gasteiger partial charge on any atom is -0.264 e. The summed E-state index contributed by atoms with van der Waals surface area (Å²) in [7, 11) is 0. The SMILES string of the molecule is CC(C)(C)c1cc2ccc3c(-c4ccc(-c5cccnc5)cc4)cc(-c4ccc(-c5ccccn5)cc4)c4ccc(c1)c2c34. The van der Waals surface area contributed by atoms with E-state index in [4.69, 9.17) is 0 Å². The van der Waals surface area contributed by atoms with E-state index < -0.39 is 0 Å². The lowest BCUT2D eigenvalue weighted by Crippen LogP contribution is -2.10. The van der Waals surface area contributed by atoms with Crippen LogP contribution < -0.4 is 0 Å². The summed E-state index contributed by atoms with van der Waals surface area (Å²) in [5.74, 6) is 0. The van der Waals surface area contributed by atoms with Crippen molar-refractivity contribution in [1.82, 2.24) is 9.97 Å². The number of nitrogens with zero attached hydrogens (tertiary/aromatic N) is 2. The Bertz CT molecular complexity index is 2110. The van der Waals surface area contributed by atoms with Gasteiger partial charge in [-0.3, -0.25) is 9.97 Å². The number of aromatic nitrogens is 2. The quantitative estimate of drug-likeness (QED) is 0.199. The average Bonchev–Trinajstić information content (AvgIpc) is 3.07. The second kappa shape index (κ2) is 10.1. The predicted molar refractivity (Wildman–Crippen MR) is 186 cm³/mol. The summed E-state index contributed by atoms with van der Waals surface area (Å²) < 4.78 is 0. The molecule has 2 nitrogen and oxygen atoms in total.